The molecule has 2 aromatic carbocycles. The zero-order chi connectivity index (χ0) is 26.4. The Morgan fingerprint density at radius 1 is 0.919 bits per heavy atom. The molecule has 0 aliphatic carbocycles. The summed E-state index contributed by atoms with van der Waals surface area (Å²) in [6, 6.07) is 21.1. The lowest BCUT2D eigenvalue weighted by atomic mass is 9.89. The molecule has 4 rings (SSSR count). The highest BCUT2D eigenvalue weighted by Crippen LogP contribution is 2.31. The minimum absolute atomic E-state index is 0.00257. The largest absolute Gasteiger partial charge is 0.339 e. The average Bonchev–Trinajstić information content (AvgIpc) is 2.91. The van der Waals surface area contributed by atoms with Gasteiger partial charge in [0.05, 0.1) is 21.8 Å². The number of likely N-dealkylation sites (tertiary alicyclic amines) is 1. The van der Waals surface area contributed by atoms with E-state index < -0.39 is 0 Å². The molecule has 0 radical (unpaired) electrons. The molecule has 1 aromatic heterocycles. The van der Waals surface area contributed by atoms with Crippen LogP contribution in [0.1, 0.15) is 56.4 Å². The summed E-state index contributed by atoms with van der Waals surface area (Å²) in [6.45, 7) is 5.11. The lowest BCUT2D eigenvalue weighted by molar-refractivity contribution is 0.0698. The molecule has 2 heterocycles. The summed E-state index contributed by atoms with van der Waals surface area (Å²) in [4.78, 5) is 37.7. The van der Waals surface area contributed by atoms with Gasteiger partial charge < -0.3 is 14.7 Å². The van der Waals surface area contributed by atoms with Crippen LogP contribution in [0.5, 0.6) is 0 Å². The maximum absolute atomic E-state index is 13.9. The van der Waals surface area contributed by atoms with Crippen molar-refractivity contribution < 1.29 is 9.59 Å². The van der Waals surface area contributed by atoms with Gasteiger partial charge in [0.15, 0.2) is 0 Å². The number of benzene rings is 2. The minimum atomic E-state index is -0.0460. The quantitative estimate of drug-likeness (QED) is 0.408. The number of aryl methyl sites for hydroxylation is 1. The van der Waals surface area contributed by atoms with Gasteiger partial charge >= 0.3 is 0 Å². The molecule has 0 unspecified atom stereocenters. The van der Waals surface area contributed by atoms with Crippen molar-refractivity contribution in [2.75, 3.05) is 40.3 Å². The Balaban J connectivity index is 1.53. The van der Waals surface area contributed by atoms with E-state index in [9.17, 15) is 9.59 Å². The molecule has 37 heavy (non-hydrogen) atoms. The van der Waals surface area contributed by atoms with Crippen molar-refractivity contribution in [2.24, 2.45) is 0 Å². The van der Waals surface area contributed by atoms with Crippen LogP contribution in [-0.2, 0) is 6.54 Å². The number of pyridine rings is 1. The van der Waals surface area contributed by atoms with E-state index in [1.807, 2.05) is 73.3 Å². The van der Waals surface area contributed by atoms with E-state index in [-0.39, 0.29) is 17.7 Å². The third-order valence-corrected chi connectivity index (χ3v) is 7.22. The van der Waals surface area contributed by atoms with Gasteiger partial charge in [-0.05, 0) is 63.7 Å². The zero-order valence-corrected chi connectivity index (χ0v) is 22.6. The van der Waals surface area contributed by atoms with E-state index in [0.717, 1.165) is 36.3 Å². The first-order valence-corrected chi connectivity index (χ1v) is 13.2. The second-order valence-corrected chi connectivity index (χ2v) is 10.4. The predicted octanol–water partition coefficient (Wildman–Crippen LogP) is 5.27. The minimum Gasteiger partial charge on any atom is -0.339 e. The number of likely N-dealkylation sites (N-methyl/N-ethyl adjacent to an activating group) is 1. The Kier molecular flexibility index (Phi) is 8.95. The monoisotopic (exact) mass is 518 g/mol. The van der Waals surface area contributed by atoms with Crippen LogP contribution in [0, 0.1) is 6.92 Å². The van der Waals surface area contributed by atoms with Crippen LogP contribution in [0.3, 0.4) is 0 Å². The van der Waals surface area contributed by atoms with Gasteiger partial charge in [-0.2, -0.15) is 0 Å². The van der Waals surface area contributed by atoms with Crippen LogP contribution in [0.2, 0.25) is 5.02 Å². The summed E-state index contributed by atoms with van der Waals surface area (Å²) >= 11 is 6.27. The normalized spacial score (nSPS) is 14.1. The molecule has 1 aliphatic heterocycles. The highest BCUT2D eigenvalue weighted by molar-refractivity contribution is 6.33. The van der Waals surface area contributed by atoms with Gasteiger partial charge in [-0.15, -0.1) is 0 Å². The van der Waals surface area contributed by atoms with Gasteiger partial charge in [-0.25, -0.2) is 0 Å². The van der Waals surface area contributed by atoms with E-state index in [0.29, 0.717) is 42.3 Å². The Morgan fingerprint density at radius 2 is 1.59 bits per heavy atom. The van der Waals surface area contributed by atoms with Crippen LogP contribution < -0.4 is 0 Å². The molecule has 2 amide bonds. The zero-order valence-electron chi connectivity index (χ0n) is 21.9. The second-order valence-electron chi connectivity index (χ2n) is 9.95. The second kappa shape index (κ2) is 12.3. The summed E-state index contributed by atoms with van der Waals surface area (Å²) in [7, 11) is 4.03. The smallest absolute Gasteiger partial charge is 0.256 e. The van der Waals surface area contributed by atoms with Crippen LogP contribution in [0.15, 0.2) is 66.7 Å². The lowest BCUT2D eigenvalue weighted by Gasteiger charge is -2.33. The van der Waals surface area contributed by atoms with Crippen molar-refractivity contribution in [2.45, 2.75) is 32.2 Å². The maximum atomic E-state index is 13.9. The number of hydrogen-bond acceptors (Lipinski definition) is 4. The summed E-state index contributed by atoms with van der Waals surface area (Å²) in [5.41, 5.74) is 4.03. The Morgan fingerprint density at radius 3 is 2.27 bits per heavy atom. The standard InChI is InChI=1S/C30H35ClN4O2/c1-22-13-14-26(30(37)35(20-19-33(2)3)21-23-9-5-4-6-10-23)28(32-22)24-15-17-34(18-16-24)29(36)25-11-7-8-12-27(25)31/h4-14,24H,15-21H2,1-3H3. The number of carbonyl (C=O) groups is 2. The highest BCUT2D eigenvalue weighted by Gasteiger charge is 2.30. The van der Waals surface area contributed by atoms with Crippen LogP contribution in [0.25, 0.3) is 0 Å². The SMILES string of the molecule is Cc1ccc(C(=O)N(CCN(C)C)Cc2ccccc2)c(C2CCN(C(=O)c3ccccc3Cl)CC2)n1. The first-order valence-electron chi connectivity index (χ1n) is 12.8. The summed E-state index contributed by atoms with van der Waals surface area (Å²) in [6.07, 6.45) is 1.51. The Hall–Kier alpha value is -3.22. The molecular weight excluding hydrogens is 484 g/mol. The maximum Gasteiger partial charge on any atom is 0.256 e. The van der Waals surface area contributed by atoms with Gasteiger partial charge in [0, 0.05) is 44.3 Å². The topological polar surface area (TPSA) is 56.8 Å². The number of halogens is 1. The van der Waals surface area contributed by atoms with E-state index in [1.165, 1.54) is 0 Å². The molecule has 0 spiro atoms. The average molecular weight is 519 g/mol. The number of aromatic nitrogens is 1. The molecule has 0 saturated carbocycles. The van der Waals surface area contributed by atoms with Crippen molar-refractivity contribution in [3.05, 3.63) is 99.8 Å². The van der Waals surface area contributed by atoms with Gasteiger partial charge in [-0.1, -0.05) is 54.1 Å². The van der Waals surface area contributed by atoms with Crippen molar-refractivity contribution in [1.29, 1.82) is 0 Å². The van der Waals surface area contributed by atoms with E-state index in [4.69, 9.17) is 16.6 Å². The summed E-state index contributed by atoms with van der Waals surface area (Å²) in [5.74, 6) is 0.0691. The number of piperidine rings is 1. The number of amides is 2. The van der Waals surface area contributed by atoms with Gasteiger partial charge in [-0.3, -0.25) is 14.6 Å². The molecule has 1 aliphatic rings. The highest BCUT2D eigenvalue weighted by atomic mass is 35.5. The third-order valence-electron chi connectivity index (χ3n) is 6.89. The number of carbonyl (C=O) groups excluding carboxylic acids is 2. The summed E-state index contributed by atoms with van der Waals surface area (Å²) < 4.78 is 0. The van der Waals surface area contributed by atoms with E-state index >= 15 is 0 Å². The van der Waals surface area contributed by atoms with E-state index in [2.05, 4.69) is 17.0 Å². The molecule has 0 N–H and O–H groups in total. The van der Waals surface area contributed by atoms with Crippen molar-refractivity contribution in [3.8, 4) is 0 Å². The van der Waals surface area contributed by atoms with Crippen LogP contribution in [-0.4, -0.2) is 71.8 Å². The number of rotatable bonds is 8. The summed E-state index contributed by atoms with van der Waals surface area (Å²) in [5, 5.41) is 0.471. The first kappa shape index (κ1) is 26.8. The predicted molar refractivity (Wildman–Crippen MR) is 148 cm³/mol. The van der Waals surface area contributed by atoms with Crippen molar-refractivity contribution in [1.82, 2.24) is 19.7 Å². The number of nitrogens with zero attached hydrogens (tertiary/aromatic N) is 4. The van der Waals surface area contributed by atoms with Crippen molar-refractivity contribution >= 4 is 23.4 Å². The fourth-order valence-electron chi connectivity index (χ4n) is 4.78. The Labute approximate surface area is 224 Å². The van der Waals surface area contributed by atoms with Gasteiger partial charge in [0.1, 0.15) is 0 Å². The molecule has 1 fully saturated rings. The lowest BCUT2D eigenvalue weighted by Crippen LogP contribution is -2.39. The van der Waals surface area contributed by atoms with E-state index in [1.54, 1.807) is 12.1 Å². The molecule has 1 saturated heterocycles. The molecule has 194 valence electrons. The Bertz CT molecular complexity index is 1220. The molecule has 6 nitrogen and oxygen atoms in total. The molecular formula is C30H35ClN4O2. The van der Waals surface area contributed by atoms with Crippen LogP contribution in [0.4, 0.5) is 0 Å². The molecule has 7 heteroatoms. The number of hydrogen-bond donors (Lipinski definition) is 0. The van der Waals surface area contributed by atoms with Gasteiger partial charge in [0.2, 0.25) is 0 Å². The molecule has 0 atom stereocenters. The van der Waals surface area contributed by atoms with Crippen LogP contribution >= 0.6 is 11.6 Å². The third kappa shape index (κ3) is 6.76. The first-order chi connectivity index (χ1) is 17.8. The fraction of sp³-hybridized carbons (Fsp3) is 0.367. The van der Waals surface area contributed by atoms with Gasteiger partial charge in [0.25, 0.3) is 11.8 Å². The van der Waals surface area contributed by atoms with Crippen molar-refractivity contribution in [3.63, 3.8) is 0 Å². The molecule has 0 bridgehead atoms. The fourth-order valence-corrected chi connectivity index (χ4v) is 4.99. The molecule has 3 aromatic rings.